The third kappa shape index (κ3) is 3.16. The summed E-state index contributed by atoms with van der Waals surface area (Å²) in [7, 11) is 3.44. The van der Waals surface area contributed by atoms with E-state index in [9.17, 15) is 25.0 Å². The van der Waals surface area contributed by atoms with Crippen LogP contribution in [-0.2, 0) is 9.53 Å². The topological polar surface area (TPSA) is 130 Å². The molecule has 3 rings (SSSR count). The minimum absolute atomic E-state index is 0.181. The summed E-state index contributed by atoms with van der Waals surface area (Å²) >= 11 is 0. The van der Waals surface area contributed by atoms with Crippen LogP contribution in [0.5, 0.6) is 0 Å². The van der Waals surface area contributed by atoms with Crippen LogP contribution in [0.2, 0.25) is 0 Å². The highest BCUT2D eigenvalue weighted by Crippen LogP contribution is 2.40. The smallest absolute Gasteiger partial charge is 0.433 e. The van der Waals surface area contributed by atoms with E-state index in [0.717, 1.165) is 23.5 Å². The van der Waals surface area contributed by atoms with Gasteiger partial charge in [-0.1, -0.05) is 12.1 Å². The Kier molecular flexibility index (Phi) is 4.82. The Morgan fingerprint density at radius 3 is 2.29 bits per heavy atom. The van der Waals surface area contributed by atoms with E-state index in [4.69, 9.17) is 9.15 Å². The number of hydrogen-bond donors (Lipinski definition) is 0. The highest BCUT2D eigenvalue weighted by atomic mass is 16.7. The Labute approximate surface area is 159 Å². The van der Waals surface area contributed by atoms with Crippen molar-refractivity contribution in [2.24, 2.45) is 0 Å². The van der Waals surface area contributed by atoms with Crippen molar-refractivity contribution < 1.29 is 23.7 Å². The van der Waals surface area contributed by atoms with Gasteiger partial charge in [0.05, 0.1) is 17.4 Å². The number of hydrogen-bond acceptors (Lipinski definition) is 9. The van der Waals surface area contributed by atoms with Crippen molar-refractivity contribution in [2.45, 2.75) is 0 Å². The van der Waals surface area contributed by atoms with Gasteiger partial charge in [0.2, 0.25) is 11.5 Å². The summed E-state index contributed by atoms with van der Waals surface area (Å²) < 4.78 is 9.57. The summed E-state index contributed by atoms with van der Waals surface area (Å²) in [5.74, 6) is -2.42. The second-order valence-electron chi connectivity index (χ2n) is 5.81. The number of carbonyl (C=O) groups excluding carboxylic acids is 2. The van der Waals surface area contributed by atoms with E-state index < -0.39 is 34.9 Å². The average molecular weight is 382 g/mol. The average Bonchev–Trinajstić information content (AvgIpc) is 3.27. The number of Topliss-reactive ketones (excluding diaryl/α,β-unsaturated/α-hetero) is 1. The molecule has 0 unspecified atom stereocenters. The number of ether oxygens (including phenoxy) is 1. The van der Waals surface area contributed by atoms with Gasteiger partial charge in [0.25, 0.3) is 0 Å². The maximum atomic E-state index is 12.5. The SMILES string of the molecule is CN1C(=C(C#N)C(=O)COC(=O)c2ccc([N+](=O)[O-])o2)N(C)c2ccccc21. The summed E-state index contributed by atoms with van der Waals surface area (Å²) in [6, 6.07) is 11.3. The number of nitriles is 1. The molecule has 2 aromatic rings. The van der Waals surface area contributed by atoms with Gasteiger partial charge in [0.15, 0.2) is 6.61 Å². The Morgan fingerprint density at radius 1 is 1.18 bits per heavy atom. The molecule has 0 aliphatic carbocycles. The molecule has 28 heavy (non-hydrogen) atoms. The first-order valence-corrected chi connectivity index (χ1v) is 8.00. The number of anilines is 2. The molecule has 0 spiro atoms. The summed E-state index contributed by atoms with van der Waals surface area (Å²) in [5.41, 5.74) is 1.46. The Hall–Kier alpha value is -4.13. The highest BCUT2D eigenvalue weighted by Gasteiger charge is 2.31. The van der Waals surface area contributed by atoms with Gasteiger partial charge in [0.1, 0.15) is 22.4 Å². The highest BCUT2D eigenvalue weighted by molar-refractivity contribution is 6.04. The fraction of sp³-hybridized carbons (Fsp3) is 0.167. The summed E-state index contributed by atoms with van der Waals surface area (Å²) in [5, 5.41) is 20.1. The molecular formula is C18H14N4O6. The van der Waals surface area contributed by atoms with Crippen molar-refractivity contribution in [3.63, 3.8) is 0 Å². The molecular weight excluding hydrogens is 368 g/mol. The van der Waals surface area contributed by atoms with Gasteiger partial charge >= 0.3 is 11.9 Å². The molecule has 1 aromatic heterocycles. The Morgan fingerprint density at radius 2 is 1.79 bits per heavy atom. The number of furan rings is 1. The number of nitrogens with zero attached hydrogens (tertiary/aromatic N) is 4. The third-order valence-electron chi connectivity index (χ3n) is 4.16. The molecule has 0 bridgehead atoms. The van der Waals surface area contributed by atoms with Crippen LogP contribution >= 0.6 is 0 Å². The van der Waals surface area contributed by atoms with Crippen LogP contribution in [-0.4, -0.2) is 37.4 Å². The quantitative estimate of drug-likeness (QED) is 0.251. The first-order chi connectivity index (χ1) is 13.3. The first kappa shape index (κ1) is 18.7. The van der Waals surface area contributed by atoms with E-state index in [1.807, 2.05) is 30.3 Å². The molecule has 0 saturated carbocycles. The van der Waals surface area contributed by atoms with Gasteiger partial charge in [-0.3, -0.25) is 14.9 Å². The summed E-state index contributed by atoms with van der Waals surface area (Å²) in [4.78, 5) is 37.6. The van der Waals surface area contributed by atoms with Crippen LogP contribution in [0.4, 0.5) is 17.3 Å². The van der Waals surface area contributed by atoms with E-state index in [1.165, 1.54) is 0 Å². The lowest BCUT2D eigenvalue weighted by Gasteiger charge is -2.19. The predicted octanol–water partition coefficient (Wildman–Crippen LogP) is 2.24. The number of ketones is 1. The van der Waals surface area contributed by atoms with Gasteiger partial charge in [-0.25, -0.2) is 4.79 Å². The molecule has 1 aromatic carbocycles. The minimum Gasteiger partial charge on any atom is -0.451 e. The van der Waals surface area contributed by atoms with E-state index in [1.54, 1.807) is 23.9 Å². The van der Waals surface area contributed by atoms with Crippen molar-refractivity contribution in [1.29, 1.82) is 5.26 Å². The third-order valence-corrected chi connectivity index (χ3v) is 4.16. The van der Waals surface area contributed by atoms with Gasteiger partial charge in [-0.2, -0.15) is 5.26 Å². The summed E-state index contributed by atoms with van der Waals surface area (Å²) in [6.45, 7) is -0.711. The number of para-hydroxylation sites is 2. The van der Waals surface area contributed by atoms with E-state index in [-0.39, 0.29) is 5.57 Å². The lowest BCUT2D eigenvalue weighted by atomic mass is 10.2. The fourth-order valence-electron chi connectivity index (χ4n) is 2.87. The van der Waals surface area contributed by atoms with Crippen LogP contribution in [0.1, 0.15) is 10.6 Å². The number of benzene rings is 1. The fourth-order valence-corrected chi connectivity index (χ4v) is 2.87. The molecule has 1 aliphatic rings. The molecule has 0 radical (unpaired) electrons. The standard InChI is InChI=1S/C18H14N4O6/c1-20-12-5-3-4-6-13(12)21(2)17(20)11(9-19)14(23)10-27-18(24)15-7-8-16(28-15)22(25)26/h3-8H,10H2,1-2H3. The number of rotatable bonds is 5. The van der Waals surface area contributed by atoms with Gasteiger partial charge in [-0.05, 0) is 18.2 Å². The second kappa shape index (κ2) is 7.24. The minimum atomic E-state index is -1.04. The van der Waals surface area contributed by atoms with Crippen molar-refractivity contribution in [2.75, 3.05) is 30.5 Å². The van der Waals surface area contributed by atoms with Gasteiger partial charge in [-0.15, -0.1) is 0 Å². The van der Waals surface area contributed by atoms with E-state index in [0.29, 0.717) is 5.82 Å². The molecule has 0 saturated heterocycles. The zero-order valence-corrected chi connectivity index (χ0v) is 14.9. The van der Waals surface area contributed by atoms with Gasteiger partial charge < -0.3 is 19.0 Å². The number of carbonyl (C=O) groups is 2. The van der Waals surface area contributed by atoms with Crippen LogP contribution in [0.15, 0.2) is 52.2 Å². The number of esters is 1. The Balaban J connectivity index is 1.77. The molecule has 0 amide bonds. The van der Waals surface area contributed by atoms with Crippen LogP contribution in [0.25, 0.3) is 0 Å². The molecule has 0 atom stereocenters. The second-order valence-corrected chi connectivity index (χ2v) is 5.81. The van der Waals surface area contributed by atoms with Crippen LogP contribution in [0, 0.1) is 21.4 Å². The van der Waals surface area contributed by atoms with Crippen molar-refractivity contribution >= 4 is 29.0 Å². The zero-order valence-electron chi connectivity index (χ0n) is 14.9. The lowest BCUT2D eigenvalue weighted by Crippen LogP contribution is -2.27. The maximum Gasteiger partial charge on any atom is 0.433 e. The first-order valence-electron chi connectivity index (χ1n) is 8.00. The number of fused-ring (bicyclic) bond motifs is 1. The van der Waals surface area contributed by atoms with Crippen LogP contribution < -0.4 is 9.80 Å². The van der Waals surface area contributed by atoms with Crippen molar-refractivity contribution in [1.82, 2.24) is 0 Å². The monoisotopic (exact) mass is 382 g/mol. The van der Waals surface area contributed by atoms with Crippen molar-refractivity contribution in [3.8, 4) is 6.07 Å². The molecule has 2 heterocycles. The van der Waals surface area contributed by atoms with E-state index in [2.05, 4.69) is 0 Å². The maximum absolute atomic E-state index is 12.5. The van der Waals surface area contributed by atoms with Gasteiger partial charge in [0, 0.05) is 14.1 Å². The zero-order chi connectivity index (χ0) is 20.4. The largest absolute Gasteiger partial charge is 0.451 e. The molecule has 0 N–H and O–H groups in total. The summed E-state index contributed by atoms with van der Waals surface area (Å²) in [6.07, 6.45) is 0. The normalized spacial score (nSPS) is 12.4. The Bertz CT molecular complexity index is 1020. The molecule has 10 nitrogen and oxygen atoms in total. The molecule has 142 valence electrons. The molecule has 0 fully saturated rings. The van der Waals surface area contributed by atoms with Crippen LogP contribution in [0.3, 0.4) is 0 Å². The molecule has 1 aliphatic heterocycles. The van der Waals surface area contributed by atoms with E-state index >= 15 is 0 Å². The van der Waals surface area contributed by atoms with Crippen molar-refractivity contribution in [3.05, 3.63) is 63.7 Å². The lowest BCUT2D eigenvalue weighted by molar-refractivity contribution is -0.402. The molecule has 10 heteroatoms. The predicted molar refractivity (Wildman–Crippen MR) is 96.5 cm³/mol. The number of nitro groups is 1.